The molecule has 1 aromatic carbocycles. The molecule has 0 spiro atoms. The van der Waals surface area contributed by atoms with Crippen molar-refractivity contribution in [2.45, 2.75) is 51.2 Å². The zero-order valence-electron chi connectivity index (χ0n) is 16.7. The molecule has 160 valence electrons. The van der Waals surface area contributed by atoms with Crippen LogP contribution in [0.3, 0.4) is 0 Å². The Labute approximate surface area is 192 Å². The first kappa shape index (κ1) is 23.0. The fourth-order valence-corrected chi connectivity index (χ4v) is 4.29. The van der Waals surface area contributed by atoms with Gasteiger partial charge >= 0.3 is 6.09 Å². The molecular weight excluding hydrogens is 498 g/mol. The van der Waals surface area contributed by atoms with Gasteiger partial charge in [-0.2, -0.15) is 0 Å². The van der Waals surface area contributed by atoms with Crippen LogP contribution in [-0.4, -0.2) is 45.7 Å². The van der Waals surface area contributed by atoms with Crippen molar-refractivity contribution in [3.8, 4) is 0 Å². The highest BCUT2D eigenvalue weighted by Gasteiger charge is 2.37. The number of halogens is 4. The van der Waals surface area contributed by atoms with Crippen LogP contribution in [0.4, 0.5) is 9.18 Å². The molecule has 1 aliphatic rings. The molecule has 1 amide bonds. The van der Waals surface area contributed by atoms with Crippen LogP contribution in [0.1, 0.15) is 45.2 Å². The number of ether oxygens (including phenoxy) is 1. The van der Waals surface area contributed by atoms with Crippen LogP contribution in [0.5, 0.6) is 0 Å². The molecule has 2 aromatic rings. The summed E-state index contributed by atoms with van der Waals surface area (Å²) in [6.07, 6.45) is 0.586. The number of piperidine rings is 1. The summed E-state index contributed by atoms with van der Waals surface area (Å²) < 4.78 is 20.3. The average molecular weight is 518 g/mol. The Kier molecular flexibility index (Phi) is 6.75. The number of carbonyl (C=O) groups excluding carboxylic acids is 1. The van der Waals surface area contributed by atoms with E-state index in [9.17, 15) is 9.18 Å². The minimum atomic E-state index is -0.630. The van der Waals surface area contributed by atoms with Crippen molar-refractivity contribution in [1.29, 1.82) is 0 Å². The molecule has 0 saturated carbocycles. The van der Waals surface area contributed by atoms with E-state index in [-0.39, 0.29) is 38.8 Å². The number of aromatic nitrogens is 2. The van der Waals surface area contributed by atoms with E-state index in [0.717, 1.165) is 0 Å². The van der Waals surface area contributed by atoms with E-state index in [1.165, 1.54) is 0 Å². The van der Waals surface area contributed by atoms with Gasteiger partial charge < -0.3 is 9.58 Å². The van der Waals surface area contributed by atoms with Crippen LogP contribution in [-0.2, 0) is 4.74 Å². The smallest absolute Gasteiger partial charge is 0.410 e. The number of nitrogens with zero attached hydrogens (tertiary/aromatic N) is 4. The fourth-order valence-electron chi connectivity index (χ4n) is 3.62. The number of hydrogen-bond acceptors (Lipinski definition) is 4. The molecule has 0 aliphatic carbocycles. The maximum atomic E-state index is 14.7. The largest absolute Gasteiger partial charge is 0.444 e. The minimum absolute atomic E-state index is 0.0677. The Balaban J connectivity index is 1.97. The lowest BCUT2D eigenvalue weighted by Gasteiger charge is -2.37. The summed E-state index contributed by atoms with van der Waals surface area (Å²) in [7, 11) is 0. The second kappa shape index (κ2) is 8.81. The first-order valence-corrected chi connectivity index (χ1v) is 10.9. The Hall–Kier alpha value is -1.69. The maximum Gasteiger partial charge on any atom is 0.410 e. The van der Waals surface area contributed by atoms with Gasteiger partial charge in [0.1, 0.15) is 17.2 Å². The molecule has 1 unspecified atom stereocenters. The molecule has 1 fully saturated rings. The number of likely N-dealkylation sites (tertiary alicyclic amines) is 1. The number of fused-ring (bicyclic) bond motifs is 1. The van der Waals surface area contributed by atoms with E-state index in [2.05, 4.69) is 30.7 Å². The van der Waals surface area contributed by atoms with Gasteiger partial charge in [0.2, 0.25) is 11.8 Å². The molecule has 1 saturated heterocycles. The zero-order chi connectivity index (χ0) is 22.2. The molecule has 10 heteroatoms. The van der Waals surface area contributed by atoms with E-state index in [1.54, 1.807) is 31.7 Å². The van der Waals surface area contributed by atoms with Gasteiger partial charge in [0.25, 0.3) is 0 Å². The number of benzene rings is 1. The van der Waals surface area contributed by atoms with Gasteiger partial charge in [-0.3, -0.25) is 4.90 Å². The number of carbonyl (C=O) groups is 1. The second-order valence-corrected chi connectivity index (χ2v) is 9.69. The monoisotopic (exact) mass is 516 g/mol. The molecule has 2 atom stereocenters. The van der Waals surface area contributed by atoms with Crippen molar-refractivity contribution >= 4 is 56.1 Å². The lowest BCUT2D eigenvalue weighted by Crippen LogP contribution is -2.49. The van der Waals surface area contributed by atoms with Gasteiger partial charge in [-0.25, -0.2) is 25.7 Å². The SMILES string of the molecule is [C-]#[N+]C[C@H]1CC(c2nc(Cl)nc3c(F)c(Br)c(Cl)cc23)CCN1C(=O)OC(C)(C)C. The van der Waals surface area contributed by atoms with Crippen molar-refractivity contribution in [1.82, 2.24) is 14.9 Å². The van der Waals surface area contributed by atoms with Crippen LogP contribution in [0, 0.1) is 12.4 Å². The lowest BCUT2D eigenvalue weighted by molar-refractivity contribution is 0.00991. The third kappa shape index (κ3) is 4.79. The highest BCUT2D eigenvalue weighted by Crippen LogP contribution is 2.39. The predicted octanol–water partition coefficient (Wildman–Crippen LogP) is 6.24. The normalized spacial score (nSPS) is 19.6. The predicted molar refractivity (Wildman–Crippen MR) is 117 cm³/mol. The molecule has 2 heterocycles. The Morgan fingerprint density at radius 3 is 2.77 bits per heavy atom. The van der Waals surface area contributed by atoms with E-state index in [4.69, 9.17) is 34.5 Å². The third-order valence-corrected chi connectivity index (χ3v) is 6.33. The van der Waals surface area contributed by atoms with Gasteiger partial charge in [-0.1, -0.05) is 11.6 Å². The van der Waals surface area contributed by atoms with Gasteiger partial charge in [-0.05, 0) is 67.2 Å². The number of rotatable bonds is 2. The van der Waals surface area contributed by atoms with Gasteiger partial charge in [0.15, 0.2) is 5.82 Å². The second-order valence-electron chi connectivity index (χ2n) is 8.15. The van der Waals surface area contributed by atoms with Gasteiger partial charge in [-0.15, -0.1) is 0 Å². The van der Waals surface area contributed by atoms with Crippen LogP contribution < -0.4 is 0 Å². The third-order valence-electron chi connectivity index (χ3n) is 4.86. The van der Waals surface area contributed by atoms with E-state index >= 15 is 0 Å². The van der Waals surface area contributed by atoms with Crippen LogP contribution in [0.2, 0.25) is 10.3 Å². The van der Waals surface area contributed by atoms with Crippen LogP contribution in [0.15, 0.2) is 10.5 Å². The minimum Gasteiger partial charge on any atom is -0.444 e. The van der Waals surface area contributed by atoms with E-state index < -0.39 is 17.5 Å². The molecule has 1 aromatic heterocycles. The molecular formula is C20H20BrCl2FN4O2. The Bertz CT molecular complexity index is 1040. The number of amides is 1. The summed E-state index contributed by atoms with van der Waals surface area (Å²) in [5.74, 6) is -0.748. The first-order valence-electron chi connectivity index (χ1n) is 9.35. The molecule has 30 heavy (non-hydrogen) atoms. The Morgan fingerprint density at radius 2 is 2.13 bits per heavy atom. The summed E-state index contributed by atoms with van der Waals surface area (Å²) in [4.78, 5) is 26.1. The summed E-state index contributed by atoms with van der Waals surface area (Å²) in [5.41, 5.74) is 0.0175. The lowest BCUT2D eigenvalue weighted by atomic mass is 9.86. The topological polar surface area (TPSA) is 59.7 Å². The molecule has 1 aliphatic heterocycles. The van der Waals surface area contributed by atoms with Crippen molar-refractivity contribution in [3.63, 3.8) is 0 Å². The molecule has 6 nitrogen and oxygen atoms in total. The maximum absolute atomic E-state index is 14.7. The molecule has 0 radical (unpaired) electrons. The number of hydrogen-bond donors (Lipinski definition) is 0. The highest BCUT2D eigenvalue weighted by molar-refractivity contribution is 9.10. The van der Waals surface area contributed by atoms with Crippen molar-refractivity contribution < 1.29 is 13.9 Å². The van der Waals surface area contributed by atoms with Gasteiger partial charge in [0.05, 0.1) is 15.2 Å². The summed E-state index contributed by atoms with van der Waals surface area (Å²) in [6, 6.07) is 1.26. The summed E-state index contributed by atoms with van der Waals surface area (Å²) in [6.45, 7) is 13.2. The van der Waals surface area contributed by atoms with Crippen molar-refractivity contribution in [3.05, 3.63) is 43.8 Å². The fraction of sp³-hybridized carbons (Fsp3) is 0.500. The van der Waals surface area contributed by atoms with E-state index in [0.29, 0.717) is 30.5 Å². The first-order chi connectivity index (χ1) is 14.0. The van der Waals surface area contributed by atoms with Gasteiger partial charge in [0, 0.05) is 17.8 Å². The van der Waals surface area contributed by atoms with E-state index in [1.807, 2.05) is 0 Å². The molecule has 0 bridgehead atoms. The van der Waals surface area contributed by atoms with Crippen molar-refractivity contribution in [2.24, 2.45) is 0 Å². The quantitative estimate of drug-likeness (QED) is 0.268. The zero-order valence-corrected chi connectivity index (χ0v) is 19.8. The van der Waals surface area contributed by atoms with Crippen LogP contribution in [0.25, 0.3) is 15.7 Å². The molecule has 0 N–H and O–H groups in total. The highest BCUT2D eigenvalue weighted by atomic mass is 79.9. The average Bonchev–Trinajstić information content (AvgIpc) is 2.65. The summed E-state index contributed by atoms with van der Waals surface area (Å²) in [5, 5.41) is 0.611. The Morgan fingerprint density at radius 1 is 1.43 bits per heavy atom. The van der Waals surface area contributed by atoms with Crippen molar-refractivity contribution in [2.75, 3.05) is 13.1 Å². The standard InChI is InChI=1S/C20H20BrCl2FN4O2/c1-20(2,3)30-19(29)28-6-5-10(7-11(28)9-25-4)16-12-8-13(22)14(21)15(24)17(12)27-18(23)26-16/h8,10-11H,5-7,9H2,1-3H3/t10?,11-/m1/s1. The summed E-state index contributed by atoms with van der Waals surface area (Å²) >= 11 is 15.4. The molecule has 3 rings (SSSR count). The van der Waals surface area contributed by atoms with Crippen LogP contribution >= 0.6 is 39.1 Å².